The number of benzene rings is 1. The van der Waals surface area contributed by atoms with Crippen LogP contribution >= 0.6 is 0 Å². The summed E-state index contributed by atoms with van der Waals surface area (Å²) < 4.78 is 10.8. The van der Waals surface area contributed by atoms with E-state index in [1.54, 1.807) is 6.92 Å². The molecular formula is C14H14O4. The lowest BCUT2D eigenvalue weighted by Crippen LogP contribution is -1.96. The number of aromatic carboxylic acids is 1. The number of carbonyl (C=O) groups is 1. The standard InChI is InChI=1S/C14H14O4/c1-9-3-5-11(6-4-9)17-8-12-7-13(14(15)16)10(2)18-12/h3-7H,8H2,1-2H3,(H,15,16). The number of hydrogen-bond donors (Lipinski definition) is 1. The van der Waals surface area contributed by atoms with Crippen LogP contribution in [0.15, 0.2) is 34.7 Å². The van der Waals surface area contributed by atoms with E-state index < -0.39 is 5.97 Å². The van der Waals surface area contributed by atoms with E-state index in [0.717, 1.165) is 11.3 Å². The Hall–Kier alpha value is -2.23. The van der Waals surface area contributed by atoms with Crippen molar-refractivity contribution in [3.05, 3.63) is 53.0 Å². The minimum atomic E-state index is -0.988. The Bertz CT molecular complexity index is 552. The highest BCUT2D eigenvalue weighted by atomic mass is 16.5. The summed E-state index contributed by atoms with van der Waals surface area (Å²) in [6.45, 7) is 3.84. The molecule has 0 saturated heterocycles. The predicted octanol–water partition coefficient (Wildman–Crippen LogP) is 3.17. The second-order valence-electron chi connectivity index (χ2n) is 4.09. The van der Waals surface area contributed by atoms with Crippen molar-refractivity contribution in [3.63, 3.8) is 0 Å². The van der Waals surface area contributed by atoms with Gasteiger partial charge in [0.15, 0.2) is 0 Å². The van der Waals surface area contributed by atoms with Gasteiger partial charge in [-0.2, -0.15) is 0 Å². The molecule has 2 aromatic rings. The smallest absolute Gasteiger partial charge is 0.339 e. The lowest BCUT2D eigenvalue weighted by molar-refractivity contribution is 0.0695. The zero-order valence-electron chi connectivity index (χ0n) is 10.3. The maximum absolute atomic E-state index is 10.8. The van der Waals surface area contributed by atoms with Crippen molar-refractivity contribution < 1.29 is 19.1 Å². The summed E-state index contributed by atoms with van der Waals surface area (Å²) in [7, 11) is 0. The van der Waals surface area contributed by atoms with Crippen molar-refractivity contribution in [2.24, 2.45) is 0 Å². The molecule has 4 nitrogen and oxygen atoms in total. The Morgan fingerprint density at radius 1 is 1.28 bits per heavy atom. The van der Waals surface area contributed by atoms with Gasteiger partial charge in [0.05, 0.1) is 0 Å². The number of ether oxygens (including phenoxy) is 1. The first kappa shape index (κ1) is 12.2. The Morgan fingerprint density at radius 3 is 2.50 bits per heavy atom. The Labute approximate surface area is 105 Å². The van der Waals surface area contributed by atoms with Gasteiger partial charge in [-0.25, -0.2) is 4.79 Å². The van der Waals surface area contributed by atoms with Crippen LogP contribution in [0.25, 0.3) is 0 Å². The molecule has 0 radical (unpaired) electrons. The van der Waals surface area contributed by atoms with Crippen molar-refractivity contribution in [2.75, 3.05) is 0 Å². The highest BCUT2D eigenvalue weighted by Crippen LogP contribution is 2.18. The molecule has 0 aliphatic rings. The fraction of sp³-hybridized carbons (Fsp3) is 0.214. The first-order valence-corrected chi connectivity index (χ1v) is 5.58. The molecule has 0 aliphatic heterocycles. The van der Waals surface area contributed by atoms with Crippen LogP contribution in [0.4, 0.5) is 0 Å². The third-order valence-corrected chi connectivity index (χ3v) is 2.60. The van der Waals surface area contributed by atoms with Crippen LogP contribution in [-0.2, 0) is 6.61 Å². The number of hydrogen-bond acceptors (Lipinski definition) is 3. The molecule has 1 N–H and O–H groups in total. The number of carboxylic acid groups (broad SMARTS) is 1. The fourth-order valence-electron chi connectivity index (χ4n) is 1.62. The maximum atomic E-state index is 10.8. The van der Waals surface area contributed by atoms with E-state index in [2.05, 4.69) is 0 Å². The molecule has 1 aromatic carbocycles. The molecular weight excluding hydrogens is 232 g/mol. The predicted molar refractivity (Wildman–Crippen MR) is 65.9 cm³/mol. The topological polar surface area (TPSA) is 59.7 Å². The van der Waals surface area contributed by atoms with Crippen molar-refractivity contribution in [2.45, 2.75) is 20.5 Å². The lowest BCUT2D eigenvalue weighted by Gasteiger charge is -2.03. The maximum Gasteiger partial charge on any atom is 0.339 e. The highest BCUT2D eigenvalue weighted by Gasteiger charge is 2.13. The number of furan rings is 1. The minimum Gasteiger partial charge on any atom is -0.486 e. The van der Waals surface area contributed by atoms with Gasteiger partial charge in [0.1, 0.15) is 29.4 Å². The van der Waals surface area contributed by atoms with Crippen LogP contribution in [0.1, 0.15) is 27.4 Å². The van der Waals surface area contributed by atoms with E-state index >= 15 is 0 Å². The zero-order valence-corrected chi connectivity index (χ0v) is 10.3. The van der Waals surface area contributed by atoms with Gasteiger partial charge in [-0.05, 0) is 32.0 Å². The first-order valence-electron chi connectivity index (χ1n) is 5.58. The second-order valence-corrected chi connectivity index (χ2v) is 4.09. The fourth-order valence-corrected chi connectivity index (χ4v) is 1.62. The van der Waals surface area contributed by atoms with Gasteiger partial charge in [0, 0.05) is 0 Å². The van der Waals surface area contributed by atoms with Crippen LogP contribution in [0.3, 0.4) is 0 Å². The molecule has 0 spiro atoms. The van der Waals surface area contributed by atoms with Gasteiger partial charge in [-0.3, -0.25) is 0 Å². The molecule has 0 unspecified atom stereocenters. The molecule has 94 valence electrons. The van der Waals surface area contributed by atoms with Crippen LogP contribution in [0, 0.1) is 13.8 Å². The van der Waals surface area contributed by atoms with Crippen molar-refractivity contribution in [1.29, 1.82) is 0 Å². The van der Waals surface area contributed by atoms with Crippen LogP contribution in [0.5, 0.6) is 5.75 Å². The quantitative estimate of drug-likeness (QED) is 0.900. The van der Waals surface area contributed by atoms with Gasteiger partial charge in [-0.15, -0.1) is 0 Å². The number of aryl methyl sites for hydroxylation is 2. The minimum absolute atomic E-state index is 0.178. The Kier molecular flexibility index (Phi) is 3.37. The van der Waals surface area contributed by atoms with Crippen LogP contribution < -0.4 is 4.74 Å². The normalized spacial score (nSPS) is 10.3. The summed E-state index contributed by atoms with van der Waals surface area (Å²) in [6, 6.07) is 9.12. The van der Waals surface area contributed by atoms with E-state index in [-0.39, 0.29) is 12.2 Å². The SMILES string of the molecule is Cc1ccc(OCc2cc(C(=O)O)c(C)o2)cc1. The molecule has 0 atom stereocenters. The molecule has 0 amide bonds. The molecule has 0 aliphatic carbocycles. The Morgan fingerprint density at radius 2 is 1.94 bits per heavy atom. The van der Waals surface area contributed by atoms with Gasteiger partial charge < -0.3 is 14.3 Å². The lowest BCUT2D eigenvalue weighted by atomic mass is 10.2. The summed E-state index contributed by atoms with van der Waals surface area (Å²) in [4.78, 5) is 10.8. The van der Waals surface area contributed by atoms with Crippen molar-refractivity contribution >= 4 is 5.97 Å². The third-order valence-electron chi connectivity index (χ3n) is 2.60. The van der Waals surface area contributed by atoms with E-state index in [4.69, 9.17) is 14.3 Å². The van der Waals surface area contributed by atoms with Gasteiger partial charge in [0.2, 0.25) is 0 Å². The van der Waals surface area contributed by atoms with Crippen molar-refractivity contribution in [1.82, 2.24) is 0 Å². The van der Waals surface area contributed by atoms with Crippen molar-refractivity contribution in [3.8, 4) is 5.75 Å². The molecule has 1 heterocycles. The van der Waals surface area contributed by atoms with Gasteiger partial charge >= 0.3 is 5.97 Å². The van der Waals surface area contributed by atoms with E-state index in [1.165, 1.54) is 6.07 Å². The van der Waals surface area contributed by atoms with E-state index in [9.17, 15) is 4.79 Å². The zero-order chi connectivity index (χ0) is 13.1. The molecule has 2 rings (SSSR count). The molecule has 0 bridgehead atoms. The molecule has 18 heavy (non-hydrogen) atoms. The molecule has 0 fully saturated rings. The molecule has 0 saturated carbocycles. The summed E-state index contributed by atoms with van der Waals surface area (Å²) in [5.41, 5.74) is 1.34. The van der Waals surface area contributed by atoms with E-state index in [1.807, 2.05) is 31.2 Å². The van der Waals surface area contributed by atoms with Crippen LogP contribution in [0.2, 0.25) is 0 Å². The highest BCUT2D eigenvalue weighted by molar-refractivity contribution is 5.88. The number of carboxylic acids is 1. The largest absolute Gasteiger partial charge is 0.486 e. The monoisotopic (exact) mass is 246 g/mol. The summed E-state index contributed by atoms with van der Waals surface area (Å²) in [6.07, 6.45) is 0. The first-order chi connectivity index (χ1) is 8.56. The second kappa shape index (κ2) is 4.96. The van der Waals surface area contributed by atoms with Gasteiger partial charge in [0.25, 0.3) is 0 Å². The third kappa shape index (κ3) is 2.71. The van der Waals surface area contributed by atoms with Crippen LogP contribution in [-0.4, -0.2) is 11.1 Å². The molecule has 4 heteroatoms. The Balaban J connectivity index is 2.04. The van der Waals surface area contributed by atoms with E-state index in [0.29, 0.717) is 11.5 Å². The summed E-state index contributed by atoms with van der Waals surface area (Å²) in [5.74, 6) is 0.639. The summed E-state index contributed by atoms with van der Waals surface area (Å²) >= 11 is 0. The van der Waals surface area contributed by atoms with Gasteiger partial charge in [-0.1, -0.05) is 17.7 Å². The summed E-state index contributed by atoms with van der Waals surface area (Å²) in [5, 5.41) is 8.89. The average molecular weight is 246 g/mol. The number of rotatable bonds is 4. The molecule has 1 aromatic heterocycles. The average Bonchev–Trinajstić information content (AvgIpc) is 2.70.